The molecule has 2 saturated heterocycles. The summed E-state index contributed by atoms with van der Waals surface area (Å²) in [6.45, 7) is 5.06. The Balaban J connectivity index is 2.17. The lowest BCUT2D eigenvalue weighted by atomic mass is 9.96. The van der Waals surface area contributed by atoms with E-state index in [1.807, 2.05) is 6.92 Å². The molecule has 2 rings (SSSR count). The Hall–Kier alpha value is -4.29. The van der Waals surface area contributed by atoms with Gasteiger partial charge in [0, 0.05) is 19.0 Å². The molecule has 0 spiro atoms. The Bertz CT molecular complexity index is 1220. The molecule has 2 aliphatic rings. The molecule has 5 unspecified atom stereocenters. The molecule has 264 valence electrons. The number of aliphatic carboxylic acids is 1. The zero-order valence-electron chi connectivity index (χ0n) is 27.5. The highest BCUT2D eigenvalue weighted by atomic mass is 16.4. The minimum atomic E-state index is -1.70. The SMILES string of the molecule is C/C=C(\NC(=O)C1CCCN1C(=O)C1CCCCN1C(=O)[C@@H](NC(=O)[C@@H]([NH3+])C(C)CC[NH+]=C(N)N)C(C)[NH3+])C(=O)NC(CO)C(=O)[O-]. The van der Waals surface area contributed by atoms with E-state index in [9.17, 15) is 39.0 Å². The minimum absolute atomic E-state index is 0.0724. The van der Waals surface area contributed by atoms with Crippen molar-refractivity contribution in [2.45, 2.75) is 95.5 Å². The van der Waals surface area contributed by atoms with Crippen molar-refractivity contribution in [3.8, 4) is 0 Å². The molecule has 2 aliphatic heterocycles. The molecule has 18 nitrogen and oxygen atoms in total. The van der Waals surface area contributed by atoms with Crippen molar-refractivity contribution >= 4 is 41.5 Å². The number of hydrogen-bond donors (Lipinski definition) is 9. The summed E-state index contributed by atoms with van der Waals surface area (Å²) >= 11 is 0. The van der Waals surface area contributed by atoms with E-state index in [1.165, 1.54) is 22.8 Å². The van der Waals surface area contributed by atoms with Gasteiger partial charge in [-0.2, -0.15) is 0 Å². The fourth-order valence-electron chi connectivity index (χ4n) is 5.63. The summed E-state index contributed by atoms with van der Waals surface area (Å²) in [7, 11) is 0. The van der Waals surface area contributed by atoms with Gasteiger partial charge in [0.2, 0.25) is 11.8 Å². The number of quaternary nitrogens is 2. The first kappa shape index (κ1) is 38.9. The number of rotatable bonds is 15. The van der Waals surface area contributed by atoms with Crippen molar-refractivity contribution < 1.29 is 55.4 Å². The van der Waals surface area contributed by atoms with Crippen molar-refractivity contribution in [3.63, 3.8) is 0 Å². The summed E-state index contributed by atoms with van der Waals surface area (Å²) in [5.41, 5.74) is 18.6. The molecule has 0 radical (unpaired) electrons. The van der Waals surface area contributed by atoms with E-state index in [-0.39, 0.29) is 30.7 Å². The third kappa shape index (κ3) is 10.6. The van der Waals surface area contributed by atoms with E-state index >= 15 is 0 Å². The van der Waals surface area contributed by atoms with Crippen LogP contribution < -0.4 is 49.0 Å². The Labute approximate surface area is 273 Å². The molecule has 0 aromatic carbocycles. The first-order valence-electron chi connectivity index (χ1n) is 15.9. The predicted molar refractivity (Wildman–Crippen MR) is 164 cm³/mol. The van der Waals surface area contributed by atoms with Crippen LogP contribution in [0, 0.1) is 5.92 Å². The van der Waals surface area contributed by atoms with Crippen molar-refractivity contribution in [3.05, 3.63) is 11.8 Å². The molecular weight excluding hydrogens is 616 g/mol. The third-order valence-corrected chi connectivity index (χ3v) is 8.56. The van der Waals surface area contributed by atoms with E-state index in [0.717, 1.165) is 0 Å². The first-order valence-corrected chi connectivity index (χ1v) is 15.9. The van der Waals surface area contributed by atoms with Gasteiger partial charge in [-0.15, -0.1) is 0 Å². The van der Waals surface area contributed by atoms with Crippen molar-refractivity contribution in [2.24, 2.45) is 17.4 Å². The van der Waals surface area contributed by atoms with Gasteiger partial charge in [0.25, 0.3) is 17.7 Å². The highest BCUT2D eigenvalue weighted by Gasteiger charge is 2.44. The van der Waals surface area contributed by atoms with E-state index in [4.69, 9.17) is 11.5 Å². The summed E-state index contributed by atoms with van der Waals surface area (Å²) in [5, 5.41) is 27.6. The van der Waals surface area contributed by atoms with Crippen LogP contribution in [-0.2, 0) is 28.8 Å². The number of carbonyl (C=O) groups excluding carboxylic acids is 6. The smallest absolute Gasteiger partial charge is 0.338 e. The molecular formula is C29H52N10O8+2. The van der Waals surface area contributed by atoms with E-state index in [2.05, 4.69) is 32.4 Å². The second-order valence-corrected chi connectivity index (χ2v) is 12.2. The van der Waals surface area contributed by atoms with Crippen molar-refractivity contribution in [1.82, 2.24) is 25.8 Å². The van der Waals surface area contributed by atoms with Gasteiger partial charge in [-0.3, -0.25) is 40.4 Å². The third-order valence-electron chi connectivity index (χ3n) is 8.56. The van der Waals surface area contributed by atoms with Gasteiger partial charge in [0.05, 0.1) is 25.2 Å². The number of nitrogens with zero attached hydrogens (tertiary/aromatic N) is 2. The fraction of sp³-hybridized carbons (Fsp3) is 0.690. The highest BCUT2D eigenvalue weighted by molar-refractivity contribution is 6.01. The van der Waals surface area contributed by atoms with Gasteiger partial charge < -0.3 is 52.2 Å². The molecule has 0 bridgehead atoms. The van der Waals surface area contributed by atoms with Crippen LogP contribution in [0.5, 0.6) is 0 Å². The van der Waals surface area contributed by atoms with E-state index in [1.54, 1.807) is 6.92 Å². The number of amides is 5. The van der Waals surface area contributed by atoms with Crippen LogP contribution in [-0.4, -0.2) is 119 Å². The van der Waals surface area contributed by atoms with Crippen molar-refractivity contribution in [1.29, 1.82) is 0 Å². The number of hydrogen-bond acceptors (Lipinski definition) is 8. The number of likely N-dealkylation sites (tertiary alicyclic amines) is 2. The van der Waals surface area contributed by atoms with Gasteiger partial charge in [-0.05, 0) is 52.4 Å². The van der Waals surface area contributed by atoms with Gasteiger partial charge in [-0.1, -0.05) is 13.0 Å². The maximum Gasteiger partial charge on any atom is 0.338 e. The summed E-state index contributed by atoms with van der Waals surface area (Å²) in [4.78, 5) is 83.6. The summed E-state index contributed by atoms with van der Waals surface area (Å²) in [5.74, 6) is -4.70. The number of nitrogens with one attached hydrogen (secondary N) is 4. The van der Waals surface area contributed by atoms with Crippen LogP contribution in [0.2, 0.25) is 0 Å². The average molecular weight is 669 g/mol. The number of nitrogens with two attached hydrogens (primary N) is 2. The molecule has 0 aliphatic carbocycles. The zero-order chi connectivity index (χ0) is 35.4. The number of allylic oxidation sites excluding steroid dienone is 1. The lowest BCUT2D eigenvalue weighted by Crippen LogP contribution is -2.79. The van der Waals surface area contributed by atoms with Crippen molar-refractivity contribution in [2.75, 3.05) is 26.2 Å². The molecule has 18 heteroatoms. The molecule has 0 aromatic rings. The number of aliphatic hydroxyl groups excluding tert-OH is 1. The van der Waals surface area contributed by atoms with E-state index in [0.29, 0.717) is 45.1 Å². The zero-order valence-corrected chi connectivity index (χ0v) is 27.5. The van der Waals surface area contributed by atoms with Crippen LogP contribution in [0.4, 0.5) is 0 Å². The Morgan fingerprint density at radius 1 is 1.00 bits per heavy atom. The normalized spacial score (nSPS) is 21.4. The second kappa shape index (κ2) is 18.2. The minimum Gasteiger partial charge on any atom is -0.548 e. The Kier molecular flexibility index (Phi) is 15.0. The summed E-state index contributed by atoms with van der Waals surface area (Å²) in [6, 6.07) is -5.75. The summed E-state index contributed by atoms with van der Waals surface area (Å²) in [6.07, 6.45) is 4.30. The quantitative estimate of drug-likeness (QED) is 0.0451. The molecule has 0 aromatic heterocycles. The molecule has 0 saturated carbocycles. The van der Waals surface area contributed by atoms with Crippen LogP contribution in [0.3, 0.4) is 0 Å². The molecule has 47 heavy (non-hydrogen) atoms. The highest BCUT2D eigenvalue weighted by Crippen LogP contribution is 2.25. The number of guanidine groups is 1. The van der Waals surface area contributed by atoms with Crippen LogP contribution >= 0.6 is 0 Å². The fourth-order valence-corrected chi connectivity index (χ4v) is 5.63. The topological polar surface area (TPSA) is 310 Å². The average Bonchev–Trinajstić information content (AvgIpc) is 3.53. The molecule has 7 atom stereocenters. The standard InChI is InChI=1S/C29H50N10O8/c1-4-17(23(41)36-18(14-40)28(46)47)35-24(42)19-9-7-13-38(19)26(44)20-8-5-6-12-39(20)27(45)22(16(3)30)37-25(43)21(31)15(2)10-11-34-29(32)33/h4,15-16,18-22,40H,5-14,30-31H2,1-3H3,(H,35,42)(H,36,41)(H,37,43)(H,46,47)(H4,32,33,34)/p+2/b17-4-/t15?,16?,18?,19?,20?,21-,22-/m0/s1. The lowest BCUT2D eigenvalue weighted by molar-refractivity contribution is -0.467. The van der Waals surface area contributed by atoms with E-state index < -0.39 is 78.4 Å². The monoisotopic (exact) mass is 668 g/mol. The molecule has 2 heterocycles. The van der Waals surface area contributed by atoms with Crippen LogP contribution in [0.25, 0.3) is 0 Å². The Morgan fingerprint density at radius 3 is 2.21 bits per heavy atom. The molecule has 2 fully saturated rings. The van der Waals surface area contributed by atoms with Crippen LogP contribution in [0.1, 0.15) is 59.3 Å². The number of carbonyl (C=O) groups is 6. The number of aliphatic hydroxyl groups is 1. The largest absolute Gasteiger partial charge is 0.548 e. The predicted octanol–water partition coefficient (Wildman–Crippen LogP) is -8.29. The molecule has 5 amide bonds. The maximum absolute atomic E-state index is 14.0. The van der Waals surface area contributed by atoms with Gasteiger partial charge in [0.15, 0.2) is 12.1 Å². The van der Waals surface area contributed by atoms with Gasteiger partial charge in [-0.25, -0.2) is 0 Å². The first-order chi connectivity index (χ1) is 22.1. The molecule has 15 N–H and O–H groups in total. The van der Waals surface area contributed by atoms with Crippen LogP contribution in [0.15, 0.2) is 11.8 Å². The Morgan fingerprint density at radius 2 is 1.64 bits per heavy atom. The number of carboxylic acid groups (broad SMARTS) is 1. The summed E-state index contributed by atoms with van der Waals surface area (Å²) < 4.78 is 0. The maximum atomic E-state index is 14.0. The van der Waals surface area contributed by atoms with Gasteiger partial charge >= 0.3 is 5.96 Å². The number of piperidine rings is 1. The van der Waals surface area contributed by atoms with Gasteiger partial charge in [0.1, 0.15) is 23.8 Å². The second-order valence-electron chi connectivity index (χ2n) is 12.2. The lowest BCUT2D eigenvalue weighted by Gasteiger charge is -2.39. The number of carboxylic acids is 1.